The molecule has 2 aromatic heterocycles. The Morgan fingerprint density at radius 1 is 1.06 bits per heavy atom. The van der Waals surface area contributed by atoms with Crippen LogP contribution in [0.25, 0.3) is 10.9 Å². The van der Waals surface area contributed by atoms with Crippen molar-refractivity contribution in [2.75, 3.05) is 7.11 Å². The largest absolute Gasteiger partial charge is 0.465 e. The molecule has 0 atom stereocenters. The summed E-state index contributed by atoms with van der Waals surface area (Å²) in [5.74, 6) is 0.226. The van der Waals surface area contributed by atoms with Gasteiger partial charge in [-0.25, -0.2) is 4.79 Å². The second kappa shape index (κ2) is 8.38. The Morgan fingerprint density at radius 3 is 2.65 bits per heavy atom. The highest BCUT2D eigenvalue weighted by Gasteiger charge is 2.23. The van der Waals surface area contributed by atoms with Crippen LogP contribution < -0.4 is 0 Å². The van der Waals surface area contributed by atoms with Crippen molar-refractivity contribution in [3.05, 3.63) is 101 Å². The van der Waals surface area contributed by atoms with Gasteiger partial charge in [0.15, 0.2) is 0 Å². The van der Waals surface area contributed by atoms with Crippen molar-refractivity contribution < 1.29 is 9.53 Å². The normalized spacial score (nSPS) is 13.8. The van der Waals surface area contributed by atoms with Crippen molar-refractivity contribution in [1.29, 1.82) is 0 Å². The highest BCUT2D eigenvalue weighted by Crippen LogP contribution is 2.36. The molecule has 0 amide bonds. The number of nitrogens with zero attached hydrogens (tertiary/aromatic N) is 2. The average molecular weight is 411 g/mol. The maximum absolute atomic E-state index is 12.4. The van der Waals surface area contributed by atoms with Gasteiger partial charge in [-0.1, -0.05) is 42.8 Å². The first-order valence-corrected chi connectivity index (χ1v) is 10.9. The van der Waals surface area contributed by atoms with Gasteiger partial charge < -0.3 is 9.30 Å². The highest BCUT2D eigenvalue weighted by atomic mass is 16.5. The number of esters is 1. The summed E-state index contributed by atoms with van der Waals surface area (Å²) in [5.41, 5.74) is 6.14. The fourth-order valence-corrected chi connectivity index (χ4v) is 4.37. The van der Waals surface area contributed by atoms with E-state index in [0.29, 0.717) is 17.9 Å². The van der Waals surface area contributed by atoms with E-state index < -0.39 is 0 Å². The molecule has 1 aliphatic carbocycles. The molecular weight excluding hydrogens is 384 g/mol. The Kier molecular flexibility index (Phi) is 5.29. The van der Waals surface area contributed by atoms with Gasteiger partial charge in [-0.2, -0.15) is 0 Å². The first-order chi connectivity index (χ1) is 15.2. The molecule has 0 bridgehead atoms. The van der Waals surface area contributed by atoms with E-state index in [1.807, 2.05) is 18.3 Å². The standard InChI is InChI=1S/C27H26N2O2/c1-31-27(30)24-16-23(21-8-5-9-21)17-28-25(24)15-20-10-11-26-22(14-20)12-13-29(26)18-19-6-3-2-4-7-19/h2-4,6-7,10-14,16-17,21H,5,8-9,15,18H2,1H3. The zero-order chi connectivity index (χ0) is 21.2. The van der Waals surface area contributed by atoms with Gasteiger partial charge in [-0.3, -0.25) is 4.98 Å². The molecule has 4 aromatic rings. The second-order valence-corrected chi connectivity index (χ2v) is 8.38. The van der Waals surface area contributed by atoms with Crippen molar-refractivity contribution in [3.8, 4) is 0 Å². The lowest BCUT2D eigenvalue weighted by molar-refractivity contribution is 0.0599. The zero-order valence-electron chi connectivity index (χ0n) is 17.8. The van der Waals surface area contributed by atoms with Gasteiger partial charge in [-0.15, -0.1) is 0 Å². The predicted octanol–water partition coefficient (Wildman–Crippen LogP) is 5.73. The van der Waals surface area contributed by atoms with E-state index in [4.69, 9.17) is 4.74 Å². The first-order valence-electron chi connectivity index (χ1n) is 10.9. The Hall–Kier alpha value is -3.40. The van der Waals surface area contributed by atoms with Gasteiger partial charge in [0.2, 0.25) is 0 Å². The molecule has 0 radical (unpaired) electrons. The molecule has 5 rings (SSSR count). The Balaban J connectivity index is 1.42. The molecule has 31 heavy (non-hydrogen) atoms. The number of pyridine rings is 1. The molecule has 0 N–H and O–H groups in total. The molecule has 2 aromatic carbocycles. The summed E-state index contributed by atoms with van der Waals surface area (Å²) in [7, 11) is 1.43. The summed E-state index contributed by atoms with van der Waals surface area (Å²) in [5, 5.41) is 1.19. The van der Waals surface area contributed by atoms with Gasteiger partial charge in [0.1, 0.15) is 0 Å². The van der Waals surface area contributed by atoms with Gasteiger partial charge in [-0.05, 0) is 65.1 Å². The predicted molar refractivity (Wildman–Crippen MR) is 122 cm³/mol. The van der Waals surface area contributed by atoms with Gasteiger partial charge in [0.25, 0.3) is 0 Å². The number of aromatic nitrogens is 2. The van der Waals surface area contributed by atoms with E-state index >= 15 is 0 Å². The number of benzene rings is 2. The lowest BCUT2D eigenvalue weighted by Gasteiger charge is -2.26. The maximum atomic E-state index is 12.4. The zero-order valence-corrected chi connectivity index (χ0v) is 17.8. The maximum Gasteiger partial charge on any atom is 0.339 e. The van der Waals surface area contributed by atoms with Gasteiger partial charge in [0.05, 0.1) is 18.4 Å². The van der Waals surface area contributed by atoms with Crippen LogP contribution in [0.2, 0.25) is 0 Å². The summed E-state index contributed by atoms with van der Waals surface area (Å²) in [4.78, 5) is 17.1. The number of fused-ring (bicyclic) bond motifs is 1. The van der Waals surface area contributed by atoms with Gasteiger partial charge >= 0.3 is 5.97 Å². The lowest BCUT2D eigenvalue weighted by atomic mass is 9.80. The van der Waals surface area contributed by atoms with Gasteiger partial charge in [0, 0.05) is 30.9 Å². The van der Waals surface area contributed by atoms with E-state index in [-0.39, 0.29) is 5.97 Å². The minimum Gasteiger partial charge on any atom is -0.465 e. The molecule has 0 aliphatic heterocycles. The molecule has 4 nitrogen and oxygen atoms in total. The highest BCUT2D eigenvalue weighted by molar-refractivity contribution is 5.91. The number of hydrogen-bond donors (Lipinski definition) is 0. The summed E-state index contributed by atoms with van der Waals surface area (Å²) < 4.78 is 7.31. The summed E-state index contributed by atoms with van der Waals surface area (Å²) >= 11 is 0. The van der Waals surface area contributed by atoms with Crippen LogP contribution in [-0.4, -0.2) is 22.6 Å². The number of hydrogen-bond acceptors (Lipinski definition) is 3. The van der Waals surface area contributed by atoms with Crippen LogP contribution in [0.1, 0.15) is 57.9 Å². The van der Waals surface area contributed by atoms with Crippen LogP contribution in [0.5, 0.6) is 0 Å². The van der Waals surface area contributed by atoms with Crippen molar-refractivity contribution in [2.24, 2.45) is 0 Å². The van der Waals surface area contributed by atoms with Crippen molar-refractivity contribution in [2.45, 2.75) is 38.1 Å². The molecule has 0 unspecified atom stereocenters. The van der Waals surface area contributed by atoms with Crippen LogP contribution in [0.4, 0.5) is 0 Å². The molecular formula is C27H26N2O2. The number of ether oxygens (including phenoxy) is 1. The van der Waals surface area contributed by atoms with Crippen molar-refractivity contribution in [3.63, 3.8) is 0 Å². The summed E-state index contributed by atoms with van der Waals surface area (Å²) in [6.45, 7) is 0.848. The fourth-order valence-electron chi connectivity index (χ4n) is 4.37. The van der Waals surface area contributed by atoms with Crippen molar-refractivity contribution in [1.82, 2.24) is 9.55 Å². The van der Waals surface area contributed by atoms with Crippen molar-refractivity contribution >= 4 is 16.9 Å². The number of rotatable bonds is 6. The minimum atomic E-state index is -0.307. The summed E-state index contributed by atoms with van der Waals surface area (Å²) in [6.07, 6.45) is 8.29. The molecule has 156 valence electrons. The van der Waals surface area contributed by atoms with Crippen LogP contribution in [0, 0.1) is 0 Å². The molecule has 2 heterocycles. The quantitative estimate of drug-likeness (QED) is 0.381. The van der Waals surface area contributed by atoms with Crippen LogP contribution in [-0.2, 0) is 17.7 Å². The molecule has 4 heteroatoms. The smallest absolute Gasteiger partial charge is 0.339 e. The first kappa shape index (κ1) is 19.6. The van der Waals surface area contributed by atoms with E-state index in [1.165, 1.54) is 42.8 Å². The number of methoxy groups -OCH3 is 1. The monoisotopic (exact) mass is 410 g/mol. The third kappa shape index (κ3) is 3.98. The number of carbonyl (C=O) groups excluding carboxylic acids is 1. The minimum absolute atomic E-state index is 0.307. The van der Waals surface area contributed by atoms with E-state index in [9.17, 15) is 4.79 Å². The SMILES string of the molecule is COC(=O)c1cc(C2CCC2)cnc1Cc1ccc2c(ccn2Cc2ccccc2)c1. The van der Waals surface area contributed by atoms with E-state index in [1.54, 1.807) is 0 Å². The third-order valence-electron chi connectivity index (χ3n) is 6.38. The molecule has 0 spiro atoms. The second-order valence-electron chi connectivity index (χ2n) is 8.38. The summed E-state index contributed by atoms with van der Waals surface area (Å²) in [6, 6.07) is 21.1. The Bertz CT molecular complexity index is 1220. The Morgan fingerprint density at radius 2 is 1.90 bits per heavy atom. The molecule has 1 fully saturated rings. The van der Waals surface area contributed by atoms with Crippen LogP contribution >= 0.6 is 0 Å². The molecule has 0 saturated heterocycles. The number of carbonyl (C=O) groups is 1. The van der Waals surface area contributed by atoms with E-state index in [2.05, 4.69) is 64.3 Å². The topological polar surface area (TPSA) is 44.1 Å². The van der Waals surface area contributed by atoms with Crippen LogP contribution in [0.15, 0.2) is 73.1 Å². The molecule has 1 aliphatic rings. The lowest BCUT2D eigenvalue weighted by Crippen LogP contribution is -2.14. The average Bonchev–Trinajstić information content (AvgIpc) is 3.15. The Labute approximate surface area is 182 Å². The van der Waals surface area contributed by atoms with Crippen LogP contribution in [0.3, 0.4) is 0 Å². The van der Waals surface area contributed by atoms with E-state index in [0.717, 1.165) is 23.4 Å². The third-order valence-corrected chi connectivity index (χ3v) is 6.38. The molecule has 1 saturated carbocycles. The fraction of sp³-hybridized carbons (Fsp3) is 0.259.